The molecule has 104 valence electrons. The molecule has 0 radical (unpaired) electrons. The fourth-order valence-electron chi connectivity index (χ4n) is 2.51. The van der Waals surface area contributed by atoms with E-state index < -0.39 is 5.95 Å². The molecule has 0 fully saturated rings. The lowest BCUT2D eigenvalue weighted by Crippen LogP contribution is -1.79. The van der Waals surface area contributed by atoms with Gasteiger partial charge in [0.15, 0.2) is 0 Å². The van der Waals surface area contributed by atoms with Crippen molar-refractivity contribution in [3.8, 4) is 11.5 Å². The number of aromatic nitrogens is 3. The summed E-state index contributed by atoms with van der Waals surface area (Å²) in [5, 5.41) is 1.13. The zero-order chi connectivity index (χ0) is 14.6. The molecule has 3 aromatic heterocycles. The van der Waals surface area contributed by atoms with Gasteiger partial charge in [-0.3, -0.25) is 0 Å². The standard InChI is InChI=1S/C16H12FN3O/c1-8-9(2)18-12-4-3-10(7-11(8)12)15-19-13-5-6-14(17)20-16(13)21-15/h3-7,18H,1-2H3. The quantitative estimate of drug-likeness (QED) is 0.534. The first-order valence-electron chi connectivity index (χ1n) is 6.64. The Kier molecular flexibility index (Phi) is 2.39. The van der Waals surface area contributed by atoms with Gasteiger partial charge in [0.2, 0.25) is 17.6 Å². The van der Waals surface area contributed by atoms with Crippen LogP contribution in [-0.2, 0) is 0 Å². The van der Waals surface area contributed by atoms with E-state index in [1.54, 1.807) is 6.07 Å². The molecule has 5 heteroatoms. The monoisotopic (exact) mass is 281 g/mol. The largest absolute Gasteiger partial charge is 0.418 e. The highest BCUT2D eigenvalue weighted by Gasteiger charge is 2.12. The van der Waals surface area contributed by atoms with Gasteiger partial charge in [0.1, 0.15) is 5.52 Å². The summed E-state index contributed by atoms with van der Waals surface area (Å²) in [5.74, 6) is -0.124. The molecule has 4 aromatic rings. The summed E-state index contributed by atoms with van der Waals surface area (Å²) in [6, 6.07) is 8.79. The number of benzene rings is 1. The molecule has 0 atom stereocenters. The highest BCUT2D eigenvalue weighted by molar-refractivity contribution is 5.88. The Hall–Kier alpha value is -2.69. The lowest BCUT2D eigenvalue weighted by atomic mass is 10.1. The van der Waals surface area contributed by atoms with Crippen LogP contribution in [0.2, 0.25) is 0 Å². The number of H-pyrrole nitrogens is 1. The van der Waals surface area contributed by atoms with E-state index in [0.29, 0.717) is 11.4 Å². The van der Waals surface area contributed by atoms with E-state index >= 15 is 0 Å². The van der Waals surface area contributed by atoms with Crippen LogP contribution in [0.1, 0.15) is 11.3 Å². The molecule has 21 heavy (non-hydrogen) atoms. The number of aromatic amines is 1. The second-order valence-corrected chi connectivity index (χ2v) is 5.11. The number of rotatable bonds is 1. The van der Waals surface area contributed by atoms with E-state index in [1.165, 1.54) is 11.6 Å². The van der Waals surface area contributed by atoms with Crippen molar-refractivity contribution in [2.45, 2.75) is 13.8 Å². The Balaban J connectivity index is 1.92. The van der Waals surface area contributed by atoms with E-state index in [4.69, 9.17) is 4.42 Å². The molecule has 0 saturated carbocycles. The smallest absolute Gasteiger partial charge is 0.250 e. The van der Waals surface area contributed by atoms with Crippen LogP contribution in [-0.4, -0.2) is 15.0 Å². The number of nitrogens with zero attached hydrogens (tertiary/aromatic N) is 2. The Morgan fingerprint density at radius 3 is 2.81 bits per heavy atom. The van der Waals surface area contributed by atoms with E-state index in [0.717, 1.165) is 22.2 Å². The van der Waals surface area contributed by atoms with Gasteiger partial charge < -0.3 is 9.40 Å². The molecule has 4 nitrogen and oxygen atoms in total. The van der Waals surface area contributed by atoms with Crippen LogP contribution in [0.15, 0.2) is 34.7 Å². The maximum atomic E-state index is 13.1. The van der Waals surface area contributed by atoms with Crippen LogP contribution in [0.25, 0.3) is 33.6 Å². The molecular weight excluding hydrogens is 269 g/mol. The molecule has 0 bridgehead atoms. The number of halogens is 1. The predicted octanol–water partition coefficient (Wildman–Crippen LogP) is 4.13. The number of aryl methyl sites for hydroxylation is 2. The van der Waals surface area contributed by atoms with Gasteiger partial charge in [-0.2, -0.15) is 9.37 Å². The topological polar surface area (TPSA) is 54.7 Å². The summed E-state index contributed by atoms with van der Waals surface area (Å²) in [6.07, 6.45) is 0. The number of oxazole rings is 1. The molecule has 0 aliphatic rings. The van der Waals surface area contributed by atoms with Crippen LogP contribution < -0.4 is 0 Å². The van der Waals surface area contributed by atoms with Crippen molar-refractivity contribution in [1.82, 2.24) is 15.0 Å². The highest BCUT2D eigenvalue weighted by Crippen LogP contribution is 2.29. The summed E-state index contributed by atoms with van der Waals surface area (Å²) >= 11 is 0. The van der Waals surface area contributed by atoms with E-state index in [2.05, 4.69) is 21.9 Å². The second kappa shape index (κ2) is 4.15. The summed E-state index contributed by atoms with van der Waals surface area (Å²) in [6.45, 7) is 4.11. The van der Waals surface area contributed by atoms with Crippen molar-refractivity contribution in [2.24, 2.45) is 0 Å². The fourth-order valence-corrected chi connectivity index (χ4v) is 2.51. The molecule has 0 unspecified atom stereocenters. The molecule has 0 spiro atoms. The number of pyridine rings is 1. The minimum Gasteiger partial charge on any atom is -0.418 e. The minimum absolute atomic E-state index is 0.215. The first-order valence-corrected chi connectivity index (χ1v) is 6.64. The summed E-state index contributed by atoms with van der Waals surface area (Å²) in [7, 11) is 0. The van der Waals surface area contributed by atoms with Crippen molar-refractivity contribution in [2.75, 3.05) is 0 Å². The van der Waals surface area contributed by atoms with E-state index in [9.17, 15) is 4.39 Å². The number of nitrogens with one attached hydrogen (secondary N) is 1. The van der Waals surface area contributed by atoms with Gasteiger partial charge in [-0.05, 0) is 49.7 Å². The number of fused-ring (bicyclic) bond motifs is 2. The van der Waals surface area contributed by atoms with Crippen molar-refractivity contribution in [3.63, 3.8) is 0 Å². The molecule has 0 amide bonds. The van der Waals surface area contributed by atoms with Crippen LogP contribution >= 0.6 is 0 Å². The van der Waals surface area contributed by atoms with Crippen LogP contribution in [0.5, 0.6) is 0 Å². The lowest BCUT2D eigenvalue weighted by Gasteiger charge is -1.96. The van der Waals surface area contributed by atoms with Gasteiger partial charge in [0.25, 0.3) is 0 Å². The molecule has 0 saturated heterocycles. The molecule has 4 rings (SSSR count). The predicted molar refractivity (Wildman–Crippen MR) is 78.5 cm³/mol. The number of hydrogen-bond donors (Lipinski definition) is 1. The van der Waals surface area contributed by atoms with Crippen LogP contribution in [0, 0.1) is 19.8 Å². The Morgan fingerprint density at radius 1 is 1.10 bits per heavy atom. The lowest BCUT2D eigenvalue weighted by molar-refractivity contribution is 0.559. The van der Waals surface area contributed by atoms with Crippen LogP contribution in [0.3, 0.4) is 0 Å². The van der Waals surface area contributed by atoms with Gasteiger partial charge >= 0.3 is 0 Å². The van der Waals surface area contributed by atoms with Gasteiger partial charge in [-0.15, -0.1) is 0 Å². The van der Waals surface area contributed by atoms with Crippen molar-refractivity contribution >= 4 is 22.1 Å². The SMILES string of the molecule is Cc1[nH]c2ccc(-c3nc4ccc(F)nc4o3)cc2c1C. The molecular formula is C16H12FN3O. The molecule has 0 aliphatic heterocycles. The van der Waals surface area contributed by atoms with Gasteiger partial charge in [-0.1, -0.05) is 0 Å². The third-order valence-electron chi connectivity index (χ3n) is 3.78. The normalized spacial score (nSPS) is 11.6. The first kappa shape index (κ1) is 12.1. The van der Waals surface area contributed by atoms with E-state index in [1.807, 2.05) is 25.1 Å². The van der Waals surface area contributed by atoms with Crippen molar-refractivity contribution in [1.29, 1.82) is 0 Å². The van der Waals surface area contributed by atoms with Crippen LogP contribution in [0.4, 0.5) is 4.39 Å². The van der Waals surface area contributed by atoms with Crippen molar-refractivity contribution in [3.05, 3.63) is 47.5 Å². The molecule has 1 N–H and O–H groups in total. The molecule has 3 heterocycles. The van der Waals surface area contributed by atoms with Gasteiger partial charge in [0, 0.05) is 22.2 Å². The maximum absolute atomic E-state index is 13.1. The molecule has 0 aliphatic carbocycles. The van der Waals surface area contributed by atoms with E-state index in [-0.39, 0.29) is 5.71 Å². The second-order valence-electron chi connectivity index (χ2n) is 5.11. The van der Waals surface area contributed by atoms with Crippen molar-refractivity contribution < 1.29 is 8.81 Å². The summed E-state index contributed by atoms with van der Waals surface area (Å²) in [5.41, 5.74) is 5.04. The first-order chi connectivity index (χ1) is 10.1. The van der Waals surface area contributed by atoms with Gasteiger partial charge in [0.05, 0.1) is 0 Å². The summed E-state index contributed by atoms with van der Waals surface area (Å²) < 4.78 is 18.7. The average Bonchev–Trinajstić information content (AvgIpc) is 3.00. The summed E-state index contributed by atoms with van der Waals surface area (Å²) in [4.78, 5) is 11.4. The average molecular weight is 281 g/mol. The zero-order valence-electron chi connectivity index (χ0n) is 11.6. The minimum atomic E-state index is -0.572. The Bertz CT molecular complexity index is 984. The maximum Gasteiger partial charge on any atom is 0.250 e. The third kappa shape index (κ3) is 1.81. The zero-order valence-corrected chi connectivity index (χ0v) is 11.6. The fraction of sp³-hybridized carbons (Fsp3) is 0.125. The Morgan fingerprint density at radius 2 is 1.95 bits per heavy atom. The third-order valence-corrected chi connectivity index (χ3v) is 3.78. The van der Waals surface area contributed by atoms with Gasteiger partial charge in [-0.25, -0.2) is 4.98 Å². The molecule has 1 aromatic carbocycles. The highest BCUT2D eigenvalue weighted by atomic mass is 19.1. The Labute approximate surface area is 119 Å². The number of hydrogen-bond acceptors (Lipinski definition) is 3.